The summed E-state index contributed by atoms with van der Waals surface area (Å²) in [5.74, 6) is 0.901. The molecule has 4 rings (SSSR count). The Balaban J connectivity index is 1.34. The lowest BCUT2D eigenvalue weighted by molar-refractivity contribution is -0.137. The first kappa shape index (κ1) is 24.4. The number of carbonyl (C=O) groups is 1. The molecule has 1 aliphatic carbocycles. The average Bonchev–Trinajstić information content (AvgIpc) is 2.80. The van der Waals surface area contributed by atoms with Gasteiger partial charge >= 0.3 is 12.2 Å². The summed E-state index contributed by atoms with van der Waals surface area (Å²) < 4.78 is 38.7. The van der Waals surface area contributed by atoms with Gasteiger partial charge in [-0.05, 0) is 92.8 Å². The van der Waals surface area contributed by atoms with Crippen molar-refractivity contribution < 1.29 is 18.0 Å². The van der Waals surface area contributed by atoms with Gasteiger partial charge in [0.25, 0.3) is 0 Å². The minimum absolute atomic E-state index is 0.153. The van der Waals surface area contributed by atoms with Crippen molar-refractivity contribution in [2.45, 2.75) is 64.1 Å². The van der Waals surface area contributed by atoms with E-state index < -0.39 is 11.7 Å². The molecule has 2 aromatic carbocycles. The number of aryl methyl sites for hydroxylation is 1. The van der Waals surface area contributed by atoms with Crippen LogP contribution < -0.4 is 15.5 Å². The van der Waals surface area contributed by atoms with E-state index in [4.69, 9.17) is 0 Å². The average molecular weight is 474 g/mol. The maximum Gasteiger partial charge on any atom is 0.416 e. The van der Waals surface area contributed by atoms with Gasteiger partial charge in [-0.15, -0.1) is 0 Å². The highest BCUT2D eigenvalue weighted by atomic mass is 19.4. The van der Waals surface area contributed by atoms with Gasteiger partial charge in [0, 0.05) is 30.5 Å². The Bertz CT molecular complexity index is 960. The molecular formula is C27H34F3N3O. The summed E-state index contributed by atoms with van der Waals surface area (Å²) in [4.78, 5) is 14.9. The maximum atomic E-state index is 12.9. The van der Waals surface area contributed by atoms with Crippen LogP contribution in [0.15, 0.2) is 48.5 Å². The van der Waals surface area contributed by atoms with Gasteiger partial charge in [0.2, 0.25) is 0 Å². The number of piperidine rings is 1. The summed E-state index contributed by atoms with van der Waals surface area (Å²) in [6.07, 6.45) is 3.27. The number of rotatable bonds is 5. The number of amides is 2. The van der Waals surface area contributed by atoms with Crippen molar-refractivity contribution in [3.05, 3.63) is 59.7 Å². The maximum absolute atomic E-state index is 12.9. The van der Waals surface area contributed by atoms with Crippen molar-refractivity contribution in [1.82, 2.24) is 5.32 Å². The topological polar surface area (TPSA) is 44.4 Å². The lowest BCUT2D eigenvalue weighted by Crippen LogP contribution is -2.45. The number of urea groups is 1. The number of nitrogens with one attached hydrogen (secondary N) is 2. The summed E-state index contributed by atoms with van der Waals surface area (Å²) in [6, 6.07) is 13.3. The molecule has 4 nitrogen and oxygen atoms in total. The standard InChI is InChI=1S/C27H34F3N3O/c1-19-6-4-9-23(16-19)31-26(34)32-25-10-3-2-8-21(25)17-20-7-5-15-33(18-20)24-13-11-22(12-14-24)27(28,29)30/h4,6,9,11-14,16,20-21,25H,2-3,5,7-8,10,15,17-18H2,1H3,(H2,31,32,34)/t20-,21+,25-/m1/s1. The van der Waals surface area contributed by atoms with Gasteiger partial charge in [-0.25, -0.2) is 4.79 Å². The Morgan fingerprint density at radius 1 is 1.03 bits per heavy atom. The molecule has 0 aromatic heterocycles. The van der Waals surface area contributed by atoms with Crippen LogP contribution in [0.5, 0.6) is 0 Å². The van der Waals surface area contributed by atoms with Gasteiger partial charge in [0.05, 0.1) is 5.56 Å². The van der Waals surface area contributed by atoms with E-state index in [0.29, 0.717) is 11.8 Å². The van der Waals surface area contributed by atoms with Crippen LogP contribution in [-0.4, -0.2) is 25.2 Å². The number of benzene rings is 2. The Morgan fingerprint density at radius 3 is 2.53 bits per heavy atom. The lowest BCUT2D eigenvalue weighted by atomic mass is 9.77. The van der Waals surface area contributed by atoms with Crippen molar-refractivity contribution in [2.75, 3.05) is 23.3 Å². The highest BCUT2D eigenvalue weighted by Crippen LogP contribution is 2.35. The fourth-order valence-corrected chi connectivity index (χ4v) is 5.52. The number of hydrogen-bond acceptors (Lipinski definition) is 2. The molecule has 2 aliphatic rings. The second-order valence-corrected chi connectivity index (χ2v) is 9.85. The molecule has 0 bridgehead atoms. The van der Waals surface area contributed by atoms with Crippen LogP contribution in [0.4, 0.5) is 29.3 Å². The highest BCUT2D eigenvalue weighted by molar-refractivity contribution is 5.89. The normalized spacial score (nSPS) is 23.4. The van der Waals surface area contributed by atoms with E-state index in [-0.39, 0.29) is 12.1 Å². The van der Waals surface area contributed by atoms with Gasteiger partial charge in [-0.1, -0.05) is 25.0 Å². The summed E-state index contributed by atoms with van der Waals surface area (Å²) in [5.41, 5.74) is 2.14. The number of hydrogen-bond donors (Lipinski definition) is 2. The minimum atomic E-state index is -4.31. The molecule has 1 heterocycles. The first-order chi connectivity index (χ1) is 16.3. The molecule has 1 saturated carbocycles. The quantitative estimate of drug-likeness (QED) is 0.491. The van der Waals surface area contributed by atoms with Gasteiger partial charge < -0.3 is 15.5 Å². The zero-order valence-electron chi connectivity index (χ0n) is 19.7. The van der Waals surface area contributed by atoms with Crippen LogP contribution in [0.3, 0.4) is 0 Å². The van der Waals surface area contributed by atoms with Crippen LogP contribution in [0.1, 0.15) is 56.1 Å². The van der Waals surface area contributed by atoms with E-state index in [9.17, 15) is 18.0 Å². The number of halogens is 3. The van der Waals surface area contributed by atoms with Crippen molar-refractivity contribution in [2.24, 2.45) is 11.8 Å². The molecule has 7 heteroatoms. The van der Waals surface area contributed by atoms with E-state index in [2.05, 4.69) is 15.5 Å². The van der Waals surface area contributed by atoms with Crippen LogP contribution >= 0.6 is 0 Å². The third-order valence-electron chi connectivity index (χ3n) is 7.22. The van der Waals surface area contributed by atoms with Gasteiger partial charge in [-0.2, -0.15) is 13.2 Å². The molecule has 34 heavy (non-hydrogen) atoms. The third-order valence-corrected chi connectivity index (χ3v) is 7.22. The molecule has 2 aromatic rings. The van der Waals surface area contributed by atoms with Crippen LogP contribution in [-0.2, 0) is 6.18 Å². The van der Waals surface area contributed by atoms with E-state index in [1.807, 2.05) is 31.2 Å². The second-order valence-electron chi connectivity index (χ2n) is 9.85. The van der Waals surface area contributed by atoms with E-state index in [0.717, 1.165) is 68.6 Å². The Kier molecular flexibility index (Phi) is 7.69. The van der Waals surface area contributed by atoms with Crippen molar-refractivity contribution >= 4 is 17.4 Å². The fraction of sp³-hybridized carbons (Fsp3) is 0.519. The smallest absolute Gasteiger partial charge is 0.371 e. The largest absolute Gasteiger partial charge is 0.416 e. The molecule has 184 valence electrons. The SMILES string of the molecule is Cc1cccc(NC(=O)N[C@@H]2CCCC[C@H]2C[C@H]2CCCN(c3ccc(C(F)(F)F)cc3)C2)c1. The monoisotopic (exact) mass is 473 g/mol. The molecule has 3 atom stereocenters. The summed E-state index contributed by atoms with van der Waals surface area (Å²) in [7, 11) is 0. The lowest BCUT2D eigenvalue weighted by Gasteiger charge is -2.39. The summed E-state index contributed by atoms with van der Waals surface area (Å²) >= 11 is 0. The molecule has 1 aliphatic heterocycles. The number of nitrogens with zero attached hydrogens (tertiary/aromatic N) is 1. The third kappa shape index (κ3) is 6.45. The van der Waals surface area contributed by atoms with E-state index in [1.54, 1.807) is 12.1 Å². The zero-order chi connectivity index (χ0) is 24.1. The highest BCUT2D eigenvalue weighted by Gasteiger charge is 2.32. The van der Waals surface area contributed by atoms with Gasteiger partial charge in [-0.3, -0.25) is 0 Å². The Labute approximate surface area is 199 Å². The molecular weight excluding hydrogens is 439 g/mol. The molecule has 0 radical (unpaired) electrons. The van der Waals surface area contributed by atoms with Gasteiger partial charge in [0.1, 0.15) is 0 Å². The van der Waals surface area contributed by atoms with Crippen LogP contribution in [0.25, 0.3) is 0 Å². The minimum Gasteiger partial charge on any atom is -0.371 e. The number of carbonyl (C=O) groups excluding carboxylic acids is 1. The predicted octanol–water partition coefficient (Wildman–Crippen LogP) is 7.00. The number of alkyl halides is 3. The molecule has 2 N–H and O–H groups in total. The fourth-order valence-electron chi connectivity index (χ4n) is 5.52. The predicted molar refractivity (Wildman–Crippen MR) is 130 cm³/mol. The van der Waals surface area contributed by atoms with Crippen molar-refractivity contribution in [3.8, 4) is 0 Å². The first-order valence-electron chi connectivity index (χ1n) is 12.3. The van der Waals surface area contributed by atoms with Crippen molar-refractivity contribution in [1.29, 1.82) is 0 Å². The van der Waals surface area contributed by atoms with Crippen LogP contribution in [0, 0.1) is 18.8 Å². The summed E-state index contributed by atoms with van der Waals surface area (Å²) in [5, 5.41) is 6.18. The first-order valence-corrected chi connectivity index (χ1v) is 12.3. The van der Waals surface area contributed by atoms with E-state index >= 15 is 0 Å². The van der Waals surface area contributed by atoms with Crippen molar-refractivity contribution in [3.63, 3.8) is 0 Å². The summed E-state index contributed by atoms with van der Waals surface area (Å²) in [6.45, 7) is 3.72. The number of anilines is 2. The van der Waals surface area contributed by atoms with Crippen LogP contribution in [0.2, 0.25) is 0 Å². The molecule has 2 fully saturated rings. The molecule has 0 unspecified atom stereocenters. The molecule has 2 amide bonds. The Hall–Kier alpha value is -2.70. The molecule has 1 saturated heterocycles. The molecule has 0 spiro atoms. The van der Waals surface area contributed by atoms with E-state index in [1.165, 1.54) is 18.6 Å². The second kappa shape index (κ2) is 10.7. The van der Waals surface area contributed by atoms with Gasteiger partial charge in [0.15, 0.2) is 0 Å². The zero-order valence-corrected chi connectivity index (χ0v) is 19.7. The Morgan fingerprint density at radius 2 is 1.79 bits per heavy atom.